The van der Waals surface area contributed by atoms with Crippen LogP contribution in [0.5, 0.6) is 0 Å². The summed E-state index contributed by atoms with van der Waals surface area (Å²) in [6.07, 6.45) is 3.95. The molecule has 0 bridgehead atoms. The van der Waals surface area contributed by atoms with Gasteiger partial charge in [-0.1, -0.05) is 44.5 Å². The molecule has 1 saturated heterocycles. The molecule has 3 atom stereocenters. The first-order chi connectivity index (χ1) is 9.24. The molecular formula is C17H27NO. The van der Waals surface area contributed by atoms with Crippen LogP contribution in [0.1, 0.15) is 50.8 Å². The smallest absolute Gasteiger partial charge is 0.0551 e. The maximum Gasteiger partial charge on any atom is 0.0551 e. The number of benzene rings is 1. The van der Waals surface area contributed by atoms with E-state index < -0.39 is 0 Å². The third-order valence-corrected chi connectivity index (χ3v) is 3.97. The highest BCUT2D eigenvalue weighted by atomic mass is 16.5. The number of hydrogen-bond donors (Lipinski definition) is 1. The van der Waals surface area contributed by atoms with Gasteiger partial charge in [0.05, 0.1) is 12.7 Å². The van der Waals surface area contributed by atoms with Gasteiger partial charge in [-0.15, -0.1) is 0 Å². The summed E-state index contributed by atoms with van der Waals surface area (Å²) in [5.41, 5.74) is 2.88. The maximum absolute atomic E-state index is 5.75. The second kappa shape index (κ2) is 7.06. The Hall–Kier alpha value is -0.860. The topological polar surface area (TPSA) is 21.3 Å². The Kier molecular flexibility index (Phi) is 5.41. The van der Waals surface area contributed by atoms with Crippen molar-refractivity contribution in [2.24, 2.45) is 5.92 Å². The third kappa shape index (κ3) is 3.80. The highest BCUT2D eigenvalue weighted by Crippen LogP contribution is 2.32. The van der Waals surface area contributed by atoms with Gasteiger partial charge in [0.2, 0.25) is 0 Å². The second-order valence-corrected chi connectivity index (χ2v) is 5.67. The Morgan fingerprint density at radius 2 is 2.21 bits per heavy atom. The number of rotatable bonds is 6. The molecule has 2 heteroatoms. The van der Waals surface area contributed by atoms with Crippen LogP contribution in [0.2, 0.25) is 0 Å². The molecule has 1 aliphatic heterocycles. The first-order valence-corrected chi connectivity index (χ1v) is 7.68. The van der Waals surface area contributed by atoms with Crippen molar-refractivity contribution in [3.8, 4) is 0 Å². The molecule has 0 radical (unpaired) electrons. The molecule has 1 heterocycles. The van der Waals surface area contributed by atoms with E-state index in [1.54, 1.807) is 0 Å². The average molecular weight is 261 g/mol. The van der Waals surface area contributed by atoms with Gasteiger partial charge < -0.3 is 10.1 Å². The molecule has 0 spiro atoms. The van der Waals surface area contributed by atoms with E-state index in [1.165, 1.54) is 24.0 Å². The number of nitrogens with one attached hydrogen (secondary N) is 1. The summed E-state index contributed by atoms with van der Waals surface area (Å²) in [5.74, 6) is 0.604. The van der Waals surface area contributed by atoms with E-state index in [-0.39, 0.29) is 0 Å². The lowest BCUT2D eigenvalue weighted by Gasteiger charge is -2.24. The van der Waals surface area contributed by atoms with E-state index in [9.17, 15) is 0 Å². The van der Waals surface area contributed by atoms with Crippen LogP contribution in [-0.2, 0) is 11.2 Å². The molecular weight excluding hydrogens is 234 g/mol. The molecule has 1 aromatic carbocycles. The van der Waals surface area contributed by atoms with Gasteiger partial charge in [-0.25, -0.2) is 0 Å². The van der Waals surface area contributed by atoms with Gasteiger partial charge >= 0.3 is 0 Å². The molecule has 19 heavy (non-hydrogen) atoms. The third-order valence-electron chi connectivity index (χ3n) is 3.97. The van der Waals surface area contributed by atoms with E-state index in [2.05, 4.69) is 50.4 Å². The van der Waals surface area contributed by atoms with Crippen molar-refractivity contribution in [1.82, 2.24) is 5.32 Å². The fourth-order valence-electron chi connectivity index (χ4n) is 3.09. The molecule has 1 N–H and O–H groups in total. The number of aryl methyl sites for hydroxylation is 1. The number of ether oxygens (including phenoxy) is 1. The summed E-state index contributed by atoms with van der Waals surface area (Å²) < 4.78 is 5.75. The van der Waals surface area contributed by atoms with Crippen LogP contribution in [0.4, 0.5) is 0 Å². The summed E-state index contributed by atoms with van der Waals surface area (Å²) in [6.45, 7) is 8.49. The lowest BCUT2D eigenvalue weighted by molar-refractivity contribution is 0.117. The Bertz CT molecular complexity index is 391. The predicted octanol–water partition coefficient (Wildman–Crippen LogP) is 3.71. The van der Waals surface area contributed by atoms with E-state index >= 15 is 0 Å². The SMILES string of the molecule is CCCc1cccc(C(NCC)C2COC(C)C2)c1. The van der Waals surface area contributed by atoms with Crippen LogP contribution in [0.3, 0.4) is 0 Å². The van der Waals surface area contributed by atoms with Gasteiger partial charge in [0.15, 0.2) is 0 Å². The zero-order valence-corrected chi connectivity index (χ0v) is 12.5. The van der Waals surface area contributed by atoms with Crippen molar-refractivity contribution in [2.45, 2.75) is 52.2 Å². The van der Waals surface area contributed by atoms with E-state index in [0.29, 0.717) is 18.1 Å². The largest absolute Gasteiger partial charge is 0.378 e. The van der Waals surface area contributed by atoms with Crippen LogP contribution in [0, 0.1) is 5.92 Å². The summed E-state index contributed by atoms with van der Waals surface area (Å²) in [6, 6.07) is 9.51. The molecule has 1 fully saturated rings. The van der Waals surface area contributed by atoms with E-state index in [1.807, 2.05) is 0 Å². The van der Waals surface area contributed by atoms with Gasteiger partial charge in [0, 0.05) is 12.0 Å². The van der Waals surface area contributed by atoms with Crippen LogP contribution in [0.15, 0.2) is 24.3 Å². The Morgan fingerprint density at radius 3 is 2.84 bits per heavy atom. The molecule has 3 unspecified atom stereocenters. The average Bonchev–Trinajstić information content (AvgIpc) is 2.83. The lowest BCUT2D eigenvalue weighted by Crippen LogP contribution is -2.28. The van der Waals surface area contributed by atoms with E-state index in [0.717, 1.165) is 19.6 Å². The summed E-state index contributed by atoms with van der Waals surface area (Å²) in [5, 5.41) is 3.65. The lowest BCUT2D eigenvalue weighted by atomic mass is 9.89. The van der Waals surface area contributed by atoms with Gasteiger partial charge in [0.25, 0.3) is 0 Å². The van der Waals surface area contributed by atoms with Crippen molar-refractivity contribution in [1.29, 1.82) is 0 Å². The minimum absolute atomic E-state index is 0.407. The van der Waals surface area contributed by atoms with Gasteiger partial charge in [-0.05, 0) is 37.4 Å². The first-order valence-electron chi connectivity index (χ1n) is 7.68. The molecule has 1 aliphatic rings. The quantitative estimate of drug-likeness (QED) is 0.843. The normalized spacial score (nSPS) is 24.6. The maximum atomic E-state index is 5.75. The minimum atomic E-state index is 0.407. The molecule has 2 nitrogen and oxygen atoms in total. The fourth-order valence-corrected chi connectivity index (χ4v) is 3.09. The monoisotopic (exact) mass is 261 g/mol. The fraction of sp³-hybridized carbons (Fsp3) is 0.647. The summed E-state index contributed by atoms with van der Waals surface area (Å²) in [4.78, 5) is 0. The van der Waals surface area contributed by atoms with Crippen LogP contribution < -0.4 is 5.32 Å². The zero-order valence-electron chi connectivity index (χ0n) is 12.5. The first kappa shape index (κ1) is 14.5. The Labute approximate surface area is 117 Å². The predicted molar refractivity (Wildman–Crippen MR) is 80.4 cm³/mol. The molecule has 1 aromatic rings. The standard InChI is InChI=1S/C17H27NO/c1-4-7-14-8-6-9-15(11-14)17(18-5-2)16-10-13(3)19-12-16/h6,8-9,11,13,16-18H,4-5,7,10,12H2,1-3H3. The number of hydrogen-bond acceptors (Lipinski definition) is 2. The molecule has 0 aliphatic carbocycles. The Balaban J connectivity index is 2.15. The molecule has 0 saturated carbocycles. The molecule has 0 aromatic heterocycles. The Morgan fingerprint density at radius 1 is 1.37 bits per heavy atom. The van der Waals surface area contributed by atoms with Crippen LogP contribution >= 0.6 is 0 Å². The zero-order chi connectivity index (χ0) is 13.7. The van der Waals surface area contributed by atoms with E-state index in [4.69, 9.17) is 4.74 Å². The van der Waals surface area contributed by atoms with Crippen molar-refractivity contribution >= 4 is 0 Å². The van der Waals surface area contributed by atoms with Crippen molar-refractivity contribution in [2.75, 3.05) is 13.2 Å². The highest BCUT2D eigenvalue weighted by Gasteiger charge is 2.30. The van der Waals surface area contributed by atoms with Gasteiger partial charge in [0.1, 0.15) is 0 Å². The molecule has 0 amide bonds. The van der Waals surface area contributed by atoms with Gasteiger partial charge in [-0.2, -0.15) is 0 Å². The van der Waals surface area contributed by atoms with Crippen LogP contribution in [-0.4, -0.2) is 19.3 Å². The highest BCUT2D eigenvalue weighted by molar-refractivity contribution is 5.27. The van der Waals surface area contributed by atoms with Crippen molar-refractivity contribution in [3.05, 3.63) is 35.4 Å². The van der Waals surface area contributed by atoms with Crippen molar-refractivity contribution in [3.63, 3.8) is 0 Å². The summed E-state index contributed by atoms with van der Waals surface area (Å²) in [7, 11) is 0. The summed E-state index contributed by atoms with van der Waals surface area (Å²) >= 11 is 0. The minimum Gasteiger partial charge on any atom is -0.378 e. The van der Waals surface area contributed by atoms with Crippen molar-refractivity contribution < 1.29 is 4.74 Å². The van der Waals surface area contributed by atoms with Crippen LogP contribution in [0.25, 0.3) is 0 Å². The molecule has 106 valence electrons. The van der Waals surface area contributed by atoms with Gasteiger partial charge in [-0.3, -0.25) is 0 Å². The molecule has 2 rings (SSSR count). The second-order valence-electron chi connectivity index (χ2n) is 5.67.